The van der Waals surface area contributed by atoms with Crippen LogP contribution in [-0.2, 0) is 9.59 Å². The minimum Gasteiger partial charge on any atom is -0.507 e. The summed E-state index contributed by atoms with van der Waals surface area (Å²) >= 11 is 7.41. The SMILES string of the molecule is Cc1ccc(C)c(C(O)=C2C(=O)C(=O)N(c3nc4ccc(Cl)cc4s3)C2c2ccccc2)c1. The van der Waals surface area contributed by atoms with Crippen molar-refractivity contribution >= 4 is 55.7 Å². The van der Waals surface area contributed by atoms with Gasteiger partial charge in [0.2, 0.25) is 0 Å². The van der Waals surface area contributed by atoms with Crippen molar-refractivity contribution < 1.29 is 14.7 Å². The second-order valence-electron chi connectivity index (χ2n) is 8.01. The number of aromatic nitrogens is 1. The van der Waals surface area contributed by atoms with Crippen LogP contribution in [0.15, 0.2) is 72.3 Å². The highest BCUT2D eigenvalue weighted by atomic mass is 35.5. The molecule has 0 bridgehead atoms. The predicted octanol–water partition coefficient (Wildman–Crippen LogP) is 6.19. The number of halogens is 1. The number of benzene rings is 3. The minimum absolute atomic E-state index is 0.0530. The summed E-state index contributed by atoms with van der Waals surface area (Å²) in [5.41, 5.74) is 3.73. The Hall–Kier alpha value is -3.48. The zero-order chi connectivity index (χ0) is 23.3. The fourth-order valence-corrected chi connectivity index (χ4v) is 5.37. The summed E-state index contributed by atoms with van der Waals surface area (Å²) in [6, 6.07) is 19.3. The molecule has 0 radical (unpaired) electrons. The molecule has 1 aromatic heterocycles. The molecular formula is C26H19ClN2O3S. The van der Waals surface area contributed by atoms with E-state index in [9.17, 15) is 14.7 Å². The third-order valence-electron chi connectivity index (χ3n) is 5.75. The number of carbonyl (C=O) groups is 2. The third-order valence-corrected chi connectivity index (χ3v) is 7.01. The molecule has 1 atom stereocenters. The Labute approximate surface area is 199 Å². The number of thiazole rings is 1. The van der Waals surface area contributed by atoms with Crippen molar-refractivity contribution in [1.29, 1.82) is 0 Å². The lowest BCUT2D eigenvalue weighted by molar-refractivity contribution is -0.132. The average molecular weight is 475 g/mol. The molecule has 1 amide bonds. The number of hydrogen-bond acceptors (Lipinski definition) is 5. The lowest BCUT2D eigenvalue weighted by Crippen LogP contribution is -2.29. The van der Waals surface area contributed by atoms with Gasteiger partial charge < -0.3 is 5.11 Å². The van der Waals surface area contributed by atoms with Crippen LogP contribution in [0.2, 0.25) is 5.02 Å². The first-order valence-corrected chi connectivity index (χ1v) is 11.5. The Morgan fingerprint density at radius 3 is 2.55 bits per heavy atom. The van der Waals surface area contributed by atoms with Crippen LogP contribution >= 0.6 is 22.9 Å². The molecule has 7 heteroatoms. The number of Topliss-reactive ketones (excluding diaryl/α,β-unsaturated/α-hetero) is 1. The largest absolute Gasteiger partial charge is 0.507 e. The summed E-state index contributed by atoms with van der Waals surface area (Å²) in [4.78, 5) is 32.6. The van der Waals surface area contributed by atoms with Crippen molar-refractivity contribution in [1.82, 2.24) is 4.98 Å². The predicted molar refractivity (Wildman–Crippen MR) is 132 cm³/mol. The molecule has 1 saturated heterocycles. The highest BCUT2D eigenvalue weighted by Crippen LogP contribution is 2.44. The Kier molecular flexibility index (Phi) is 5.27. The summed E-state index contributed by atoms with van der Waals surface area (Å²) in [6.07, 6.45) is 0. The fraction of sp³-hybridized carbons (Fsp3) is 0.115. The molecule has 33 heavy (non-hydrogen) atoms. The number of ketones is 1. The highest BCUT2D eigenvalue weighted by Gasteiger charge is 2.48. The minimum atomic E-state index is -0.804. The van der Waals surface area contributed by atoms with Crippen molar-refractivity contribution in [3.05, 3.63) is 99.6 Å². The first-order chi connectivity index (χ1) is 15.8. The topological polar surface area (TPSA) is 70.5 Å². The zero-order valence-electron chi connectivity index (χ0n) is 17.9. The van der Waals surface area contributed by atoms with E-state index in [1.807, 2.05) is 62.4 Å². The molecule has 164 valence electrons. The molecule has 0 spiro atoms. The van der Waals surface area contributed by atoms with Gasteiger partial charge in [0.15, 0.2) is 5.13 Å². The summed E-state index contributed by atoms with van der Waals surface area (Å²) in [5.74, 6) is -1.64. The number of aliphatic hydroxyl groups is 1. The number of aryl methyl sites for hydroxylation is 2. The van der Waals surface area contributed by atoms with Crippen LogP contribution in [-0.4, -0.2) is 21.8 Å². The first kappa shape index (κ1) is 21.4. The van der Waals surface area contributed by atoms with Gasteiger partial charge in [0.05, 0.1) is 21.8 Å². The van der Waals surface area contributed by atoms with Gasteiger partial charge in [-0.25, -0.2) is 4.98 Å². The number of aliphatic hydroxyl groups excluding tert-OH is 1. The standard InChI is InChI=1S/C26H19ClN2O3S/c1-14-8-9-15(2)18(12-14)23(30)21-22(16-6-4-3-5-7-16)29(25(32)24(21)31)26-28-19-11-10-17(27)13-20(19)33-26/h3-13,22,30H,1-2H3. The summed E-state index contributed by atoms with van der Waals surface area (Å²) in [5, 5.41) is 12.3. The van der Waals surface area contributed by atoms with E-state index in [0.29, 0.717) is 26.8 Å². The number of carbonyl (C=O) groups excluding carboxylic acids is 2. The molecule has 3 aromatic carbocycles. The highest BCUT2D eigenvalue weighted by molar-refractivity contribution is 7.22. The van der Waals surface area contributed by atoms with Crippen LogP contribution in [0.3, 0.4) is 0 Å². The van der Waals surface area contributed by atoms with Crippen LogP contribution in [0, 0.1) is 13.8 Å². The van der Waals surface area contributed by atoms with E-state index in [1.165, 1.54) is 16.2 Å². The van der Waals surface area contributed by atoms with Gasteiger partial charge >= 0.3 is 5.91 Å². The van der Waals surface area contributed by atoms with E-state index in [1.54, 1.807) is 18.2 Å². The summed E-state index contributed by atoms with van der Waals surface area (Å²) in [6.45, 7) is 3.77. The van der Waals surface area contributed by atoms with Gasteiger partial charge in [-0.2, -0.15) is 0 Å². The van der Waals surface area contributed by atoms with Gasteiger partial charge in [0.1, 0.15) is 5.76 Å². The molecule has 1 N–H and O–H groups in total. The molecule has 5 nitrogen and oxygen atoms in total. The number of hydrogen-bond donors (Lipinski definition) is 1. The van der Waals surface area contributed by atoms with Gasteiger partial charge in [-0.05, 0) is 49.2 Å². The van der Waals surface area contributed by atoms with Crippen LogP contribution in [0.25, 0.3) is 16.0 Å². The fourth-order valence-electron chi connectivity index (χ4n) is 4.11. The van der Waals surface area contributed by atoms with E-state index in [2.05, 4.69) is 4.98 Å². The number of nitrogens with zero attached hydrogens (tertiary/aromatic N) is 2. The Morgan fingerprint density at radius 1 is 1.03 bits per heavy atom. The van der Waals surface area contributed by atoms with Crippen LogP contribution in [0.4, 0.5) is 5.13 Å². The molecule has 1 aliphatic heterocycles. The van der Waals surface area contributed by atoms with Crippen LogP contribution in [0.1, 0.15) is 28.3 Å². The smallest absolute Gasteiger partial charge is 0.301 e. The van der Waals surface area contributed by atoms with Crippen LogP contribution < -0.4 is 4.90 Å². The monoisotopic (exact) mass is 474 g/mol. The van der Waals surface area contributed by atoms with Gasteiger partial charge in [-0.3, -0.25) is 14.5 Å². The molecular weight excluding hydrogens is 456 g/mol. The summed E-state index contributed by atoms with van der Waals surface area (Å²) in [7, 11) is 0. The van der Waals surface area contributed by atoms with Crippen molar-refractivity contribution in [3.63, 3.8) is 0 Å². The van der Waals surface area contributed by atoms with E-state index in [0.717, 1.165) is 15.8 Å². The first-order valence-electron chi connectivity index (χ1n) is 10.3. The number of anilines is 1. The molecule has 1 fully saturated rings. The maximum absolute atomic E-state index is 13.3. The van der Waals surface area contributed by atoms with Crippen molar-refractivity contribution in [2.24, 2.45) is 0 Å². The normalized spacial score (nSPS) is 17.8. The van der Waals surface area contributed by atoms with E-state index < -0.39 is 17.7 Å². The molecule has 1 aliphatic rings. The van der Waals surface area contributed by atoms with E-state index in [4.69, 9.17) is 11.6 Å². The summed E-state index contributed by atoms with van der Waals surface area (Å²) < 4.78 is 0.806. The van der Waals surface area contributed by atoms with Crippen molar-refractivity contribution in [3.8, 4) is 0 Å². The Bertz CT molecular complexity index is 1460. The number of fused-ring (bicyclic) bond motifs is 1. The van der Waals surface area contributed by atoms with Gasteiger partial charge in [-0.15, -0.1) is 0 Å². The van der Waals surface area contributed by atoms with E-state index >= 15 is 0 Å². The van der Waals surface area contributed by atoms with Crippen molar-refractivity contribution in [2.75, 3.05) is 4.90 Å². The lowest BCUT2D eigenvalue weighted by atomic mass is 9.93. The zero-order valence-corrected chi connectivity index (χ0v) is 19.4. The van der Waals surface area contributed by atoms with Crippen molar-refractivity contribution in [2.45, 2.75) is 19.9 Å². The molecule has 0 saturated carbocycles. The van der Waals surface area contributed by atoms with Gasteiger partial charge in [-0.1, -0.05) is 71.0 Å². The Morgan fingerprint density at radius 2 is 1.79 bits per heavy atom. The second-order valence-corrected chi connectivity index (χ2v) is 9.45. The second kappa shape index (κ2) is 8.14. The average Bonchev–Trinajstić information content (AvgIpc) is 3.33. The number of rotatable bonds is 3. The van der Waals surface area contributed by atoms with E-state index in [-0.39, 0.29) is 11.3 Å². The molecule has 0 aliphatic carbocycles. The molecule has 2 heterocycles. The lowest BCUT2D eigenvalue weighted by Gasteiger charge is -2.23. The maximum Gasteiger partial charge on any atom is 0.301 e. The quantitative estimate of drug-likeness (QED) is 0.218. The third kappa shape index (κ3) is 3.61. The molecule has 4 aromatic rings. The molecule has 5 rings (SSSR count). The van der Waals surface area contributed by atoms with Gasteiger partial charge in [0.25, 0.3) is 5.78 Å². The molecule has 1 unspecified atom stereocenters. The van der Waals surface area contributed by atoms with Crippen LogP contribution in [0.5, 0.6) is 0 Å². The Balaban J connectivity index is 1.75. The van der Waals surface area contributed by atoms with Gasteiger partial charge in [0, 0.05) is 10.6 Å². The number of amides is 1. The maximum atomic E-state index is 13.3.